The molecule has 2 heterocycles. The fourth-order valence-corrected chi connectivity index (χ4v) is 3.08. The lowest BCUT2D eigenvalue weighted by molar-refractivity contribution is 0.0532. The number of carbonyl (C=O) groups is 2. The smallest absolute Gasteiger partial charge is 0.259 e. The summed E-state index contributed by atoms with van der Waals surface area (Å²) in [6, 6.07) is 10.3. The van der Waals surface area contributed by atoms with Crippen molar-refractivity contribution in [3.8, 4) is 5.88 Å². The second-order valence-electron chi connectivity index (χ2n) is 5.88. The number of nitrogens with zero attached hydrogens (tertiary/aromatic N) is 3. The summed E-state index contributed by atoms with van der Waals surface area (Å²) in [5.74, 6) is 0.143. The van der Waals surface area contributed by atoms with Crippen LogP contribution in [0.4, 0.5) is 0 Å². The van der Waals surface area contributed by atoms with E-state index in [1.165, 1.54) is 0 Å². The van der Waals surface area contributed by atoms with Crippen molar-refractivity contribution in [1.82, 2.24) is 14.8 Å². The number of pyridine rings is 1. The SMILES string of the molecule is CCOc1ncccc1C(=O)N1CCN(C(=O)c2cccc(Cl)c2)CC1. The second kappa shape index (κ2) is 8.19. The number of carbonyl (C=O) groups excluding carboxylic acids is 2. The molecular formula is C19H20ClN3O3. The first kappa shape index (κ1) is 18.2. The van der Waals surface area contributed by atoms with Crippen LogP contribution in [0.2, 0.25) is 5.02 Å². The number of rotatable bonds is 4. The zero-order chi connectivity index (χ0) is 18.5. The molecule has 2 aromatic rings. The highest BCUT2D eigenvalue weighted by Crippen LogP contribution is 2.19. The van der Waals surface area contributed by atoms with Crippen molar-refractivity contribution in [2.45, 2.75) is 6.92 Å². The molecule has 1 saturated heterocycles. The van der Waals surface area contributed by atoms with E-state index in [1.807, 2.05) is 6.92 Å². The third kappa shape index (κ3) is 3.96. The quantitative estimate of drug-likeness (QED) is 0.826. The number of halogens is 1. The first-order valence-corrected chi connectivity index (χ1v) is 8.90. The van der Waals surface area contributed by atoms with E-state index < -0.39 is 0 Å². The maximum absolute atomic E-state index is 12.8. The predicted molar refractivity (Wildman–Crippen MR) is 98.7 cm³/mol. The first-order chi connectivity index (χ1) is 12.6. The molecule has 0 spiro atoms. The molecule has 1 aromatic heterocycles. The van der Waals surface area contributed by atoms with Crippen LogP contribution >= 0.6 is 11.6 Å². The number of hydrogen-bond acceptors (Lipinski definition) is 4. The Morgan fingerprint density at radius 3 is 2.42 bits per heavy atom. The molecule has 6 nitrogen and oxygen atoms in total. The Balaban J connectivity index is 1.65. The van der Waals surface area contributed by atoms with Gasteiger partial charge in [0, 0.05) is 43.0 Å². The fourth-order valence-electron chi connectivity index (χ4n) is 2.89. The van der Waals surface area contributed by atoms with Crippen LogP contribution < -0.4 is 4.74 Å². The molecule has 1 aliphatic heterocycles. The second-order valence-corrected chi connectivity index (χ2v) is 6.32. The van der Waals surface area contributed by atoms with Crippen molar-refractivity contribution < 1.29 is 14.3 Å². The lowest BCUT2D eigenvalue weighted by atomic mass is 10.1. The molecule has 0 unspecified atom stereocenters. The highest BCUT2D eigenvalue weighted by atomic mass is 35.5. The molecular weight excluding hydrogens is 354 g/mol. The maximum Gasteiger partial charge on any atom is 0.259 e. The molecule has 7 heteroatoms. The highest BCUT2D eigenvalue weighted by Gasteiger charge is 2.27. The lowest BCUT2D eigenvalue weighted by Crippen LogP contribution is -2.50. The fraction of sp³-hybridized carbons (Fsp3) is 0.316. The van der Waals surface area contributed by atoms with Crippen molar-refractivity contribution in [2.75, 3.05) is 32.8 Å². The molecule has 0 atom stereocenters. The average Bonchev–Trinajstić information content (AvgIpc) is 2.68. The summed E-state index contributed by atoms with van der Waals surface area (Å²) in [7, 11) is 0. The van der Waals surface area contributed by atoms with Gasteiger partial charge in [-0.25, -0.2) is 4.98 Å². The summed E-state index contributed by atoms with van der Waals surface area (Å²) in [4.78, 5) is 32.9. The summed E-state index contributed by atoms with van der Waals surface area (Å²) in [6.07, 6.45) is 1.60. The Labute approximate surface area is 157 Å². The third-order valence-corrected chi connectivity index (χ3v) is 4.44. The van der Waals surface area contributed by atoms with Crippen molar-refractivity contribution in [3.63, 3.8) is 0 Å². The minimum atomic E-state index is -0.128. The van der Waals surface area contributed by atoms with Gasteiger partial charge in [-0.2, -0.15) is 0 Å². The van der Waals surface area contributed by atoms with E-state index in [9.17, 15) is 9.59 Å². The highest BCUT2D eigenvalue weighted by molar-refractivity contribution is 6.30. The van der Waals surface area contributed by atoms with Crippen LogP contribution in [0.3, 0.4) is 0 Å². The van der Waals surface area contributed by atoms with E-state index in [0.29, 0.717) is 54.8 Å². The zero-order valence-electron chi connectivity index (χ0n) is 14.5. The van der Waals surface area contributed by atoms with Gasteiger partial charge in [0.1, 0.15) is 5.56 Å². The number of amides is 2. The predicted octanol–water partition coefficient (Wildman–Crippen LogP) is 2.73. The summed E-state index contributed by atoms with van der Waals surface area (Å²) in [5, 5.41) is 0.532. The third-order valence-electron chi connectivity index (χ3n) is 4.21. The molecule has 3 rings (SSSR count). The van der Waals surface area contributed by atoms with Crippen LogP contribution in [0.5, 0.6) is 5.88 Å². The van der Waals surface area contributed by atoms with Crippen molar-refractivity contribution in [3.05, 3.63) is 58.7 Å². The van der Waals surface area contributed by atoms with Gasteiger partial charge in [-0.1, -0.05) is 17.7 Å². The van der Waals surface area contributed by atoms with Gasteiger partial charge in [0.05, 0.1) is 6.61 Å². The van der Waals surface area contributed by atoms with Crippen LogP contribution in [0, 0.1) is 0 Å². The monoisotopic (exact) mass is 373 g/mol. The Kier molecular flexibility index (Phi) is 5.73. The molecule has 0 aliphatic carbocycles. The van der Waals surface area contributed by atoms with Crippen molar-refractivity contribution in [2.24, 2.45) is 0 Å². The zero-order valence-corrected chi connectivity index (χ0v) is 15.3. The van der Waals surface area contributed by atoms with Gasteiger partial charge in [-0.3, -0.25) is 9.59 Å². The standard InChI is InChI=1S/C19H20ClN3O3/c1-2-26-17-16(7-4-8-21-17)19(25)23-11-9-22(10-12-23)18(24)14-5-3-6-15(20)13-14/h3-8,13H,2,9-12H2,1H3. The molecule has 26 heavy (non-hydrogen) atoms. The number of ether oxygens (including phenoxy) is 1. The van der Waals surface area contributed by atoms with Gasteiger partial charge < -0.3 is 14.5 Å². The van der Waals surface area contributed by atoms with Gasteiger partial charge in [-0.15, -0.1) is 0 Å². The average molecular weight is 374 g/mol. The molecule has 1 fully saturated rings. The van der Waals surface area contributed by atoms with Crippen LogP contribution in [0.15, 0.2) is 42.6 Å². The molecule has 0 N–H and O–H groups in total. The minimum absolute atomic E-state index is 0.0732. The topological polar surface area (TPSA) is 62.7 Å². The minimum Gasteiger partial charge on any atom is -0.477 e. The van der Waals surface area contributed by atoms with E-state index in [2.05, 4.69) is 4.98 Å². The molecule has 0 radical (unpaired) electrons. The molecule has 1 aliphatic rings. The Morgan fingerprint density at radius 1 is 1.08 bits per heavy atom. The van der Waals surface area contributed by atoms with E-state index in [4.69, 9.17) is 16.3 Å². The van der Waals surface area contributed by atoms with Gasteiger partial charge in [0.25, 0.3) is 11.8 Å². The van der Waals surface area contributed by atoms with Gasteiger partial charge in [0.15, 0.2) is 0 Å². The first-order valence-electron chi connectivity index (χ1n) is 8.52. The van der Waals surface area contributed by atoms with E-state index in [1.54, 1.807) is 52.4 Å². The van der Waals surface area contributed by atoms with E-state index in [-0.39, 0.29) is 11.8 Å². The van der Waals surface area contributed by atoms with Gasteiger partial charge >= 0.3 is 0 Å². The molecule has 0 saturated carbocycles. The molecule has 136 valence electrons. The van der Waals surface area contributed by atoms with Crippen LogP contribution in [0.25, 0.3) is 0 Å². The normalized spacial score (nSPS) is 14.2. The summed E-state index contributed by atoms with van der Waals surface area (Å²) in [6.45, 7) is 4.17. The summed E-state index contributed by atoms with van der Waals surface area (Å²) >= 11 is 5.96. The van der Waals surface area contributed by atoms with Crippen LogP contribution in [-0.4, -0.2) is 59.4 Å². The summed E-state index contributed by atoms with van der Waals surface area (Å²) in [5.41, 5.74) is 1.01. The van der Waals surface area contributed by atoms with Crippen LogP contribution in [0.1, 0.15) is 27.6 Å². The Morgan fingerprint density at radius 2 is 1.77 bits per heavy atom. The number of hydrogen-bond donors (Lipinski definition) is 0. The molecule has 0 bridgehead atoms. The number of aromatic nitrogens is 1. The van der Waals surface area contributed by atoms with Crippen molar-refractivity contribution >= 4 is 23.4 Å². The van der Waals surface area contributed by atoms with Gasteiger partial charge in [-0.05, 0) is 37.3 Å². The lowest BCUT2D eigenvalue weighted by Gasteiger charge is -2.35. The Hall–Kier alpha value is -2.60. The van der Waals surface area contributed by atoms with Gasteiger partial charge in [0.2, 0.25) is 5.88 Å². The maximum atomic E-state index is 12.8. The van der Waals surface area contributed by atoms with Crippen molar-refractivity contribution in [1.29, 1.82) is 0 Å². The van der Waals surface area contributed by atoms with Crippen LogP contribution in [-0.2, 0) is 0 Å². The summed E-state index contributed by atoms with van der Waals surface area (Å²) < 4.78 is 5.44. The number of piperazine rings is 1. The Bertz CT molecular complexity index is 804. The number of benzene rings is 1. The van der Waals surface area contributed by atoms with E-state index in [0.717, 1.165) is 0 Å². The van der Waals surface area contributed by atoms with E-state index >= 15 is 0 Å². The molecule has 1 aromatic carbocycles. The largest absolute Gasteiger partial charge is 0.477 e. The molecule has 2 amide bonds.